The van der Waals surface area contributed by atoms with Gasteiger partial charge in [-0.25, -0.2) is 4.98 Å². The summed E-state index contributed by atoms with van der Waals surface area (Å²) in [6, 6.07) is 8.59. The third-order valence-electron chi connectivity index (χ3n) is 3.88. The van der Waals surface area contributed by atoms with E-state index in [-0.39, 0.29) is 16.4 Å². The van der Waals surface area contributed by atoms with E-state index in [1.165, 1.54) is 19.2 Å². The molecular formula is C19H12Cl2F3N3O2. The average molecular weight is 442 g/mol. The Hall–Kier alpha value is -2.84. The highest BCUT2D eigenvalue weighted by Crippen LogP contribution is 2.35. The molecule has 0 fully saturated rings. The molecule has 3 aromatic rings. The highest BCUT2D eigenvalue weighted by atomic mass is 35.5. The first-order chi connectivity index (χ1) is 13.7. The molecule has 0 unspecified atom stereocenters. The van der Waals surface area contributed by atoms with E-state index in [0.717, 1.165) is 0 Å². The van der Waals surface area contributed by atoms with Crippen molar-refractivity contribution in [2.75, 3.05) is 12.4 Å². The van der Waals surface area contributed by atoms with Crippen LogP contribution in [-0.2, 0) is 6.18 Å². The van der Waals surface area contributed by atoms with E-state index < -0.39 is 17.6 Å². The number of carbonyl (C=O) groups excluding carboxylic acids is 1. The van der Waals surface area contributed by atoms with Crippen molar-refractivity contribution >= 4 is 34.9 Å². The molecule has 5 nitrogen and oxygen atoms in total. The number of aromatic nitrogens is 2. The maximum absolute atomic E-state index is 12.7. The molecule has 0 aliphatic carbocycles. The molecule has 0 saturated heterocycles. The number of ether oxygens (including phenoxy) is 1. The Labute approximate surface area is 173 Å². The number of methoxy groups -OCH3 is 1. The largest absolute Gasteiger partial charge is 0.496 e. The second-order valence-corrected chi connectivity index (χ2v) is 6.57. The van der Waals surface area contributed by atoms with E-state index in [0.29, 0.717) is 34.3 Å². The van der Waals surface area contributed by atoms with E-state index in [1.807, 2.05) is 0 Å². The van der Waals surface area contributed by atoms with Crippen molar-refractivity contribution < 1.29 is 22.7 Å². The fraction of sp³-hybridized carbons (Fsp3) is 0.105. The Balaban J connectivity index is 1.88. The molecule has 0 radical (unpaired) electrons. The molecule has 29 heavy (non-hydrogen) atoms. The lowest BCUT2D eigenvalue weighted by molar-refractivity contribution is -0.137. The summed E-state index contributed by atoms with van der Waals surface area (Å²) in [7, 11) is 1.42. The standard InChI is InChI=1S/C19H12Cl2F3N3O2/c1-29-15-7-10(4-5-12(15)16-13(20)3-2-6-25-16)18(28)27-17-14(21)8-11(9-26-17)19(22,23)24/h2-9H,1H3,(H,26,27,28). The molecule has 1 amide bonds. The summed E-state index contributed by atoms with van der Waals surface area (Å²) >= 11 is 12.0. The van der Waals surface area contributed by atoms with E-state index >= 15 is 0 Å². The van der Waals surface area contributed by atoms with Crippen LogP contribution in [0.1, 0.15) is 15.9 Å². The van der Waals surface area contributed by atoms with Crippen LogP contribution in [0.15, 0.2) is 48.8 Å². The molecule has 0 atom stereocenters. The van der Waals surface area contributed by atoms with E-state index in [2.05, 4.69) is 15.3 Å². The lowest BCUT2D eigenvalue weighted by Gasteiger charge is -2.12. The minimum Gasteiger partial charge on any atom is -0.496 e. The van der Waals surface area contributed by atoms with Crippen LogP contribution in [0.25, 0.3) is 11.3 Å². The number of rotatable bonds is 4. The zero-order valence-electron chi connectivity index (χ0n) is 14.7. The van der Waals surface area contributed by atoms with Gasteiger partial charge in [-0.15, -0.1) is 0 Å². The third kappa shape index (κ3) is 4.60. The zero-order chi connectivity index (χ0) is 21.2. The normalized spacial score (nSPS) is 11.2. The number of hydrogen-bond acceptors (Lipinski definition) is 4. The number of nitrogens with one attached hydrogen (secondary N) is 1. The zero-order valence-corrected chi connectivity index (χ0v) is 16.2. The summed E-state index contributed by atoms with van der Waals surface area (Å²) in [4.78, 5) is 20.3. The lowest BCUT2D eigenvalue weighted by atomic mass is 10.1. The first-order valence-electron chi connectivity index (χ1n) is 8.03. The molecule has 0 saturated carbocycles. The Bertz CT molecular complexity index is 1070. The Morgan fingerprint density at radius 2 is 1.86 bits per heavy atom. The number of nitrogens with zero attached hydrogens (tertiary/aromatic N) is 2. The van der Waals surface area contributed by atoms with Crippen molar-refractivity contribution in [1.82, 2.24) is 9.97 Å². The second-order valence-electron chi connectivity index (χ2n) is 5.76. The van der Waals surface area contributed by atoms with Crippen LogP contribution in [0.2, 0.25) is 10.0 Å². The fourth-order valence-corrected chi connectivity index (χ4v) is 2.91. The highest BCUT2D eigenvalue weighted by molar-refractivity contribution is 6.33. The first-order valence-corrected chi connectivity index (χ1v) is 8.79. The van der Waals surface area contributed by atoms with Crippen LogP contribution in [0.3, 0.4) is 0 Å². The number of benzene rings is 1. The number of anilines is 1. The van der Waals surface area contributed by atoms with Gasteiger partial charge in [-0.3, -0.25) is 9.78 Å². The topological polar surface area (TPSA) is 64.1 Å². The summed E-state index contributed by atoms with van der Waals surface area (Å²) in [6.45, 7) is 0. The Morgan fingerprint density at radius 1 is 1.10 bits per heavy atom. The SMILES string of the molecule is COc1cc(C(=O)Nc2ncc(C(F)(F)F)cc2Cl)ccc1-c1ncccc1Cl. The van der Waals surface area contributed by atoms with Gasteiger partial charge in [-0.1, -0.05) is 23.2 Å². The molecule has 2 heterocycles. The van der Waals surface area contributed by atoms with Crippen LogP contribution in [0.5, 0.6) is 5.75 Å². The van der Waals surface area contributed by atoms with Gasteiger partial charge in [0.05, 0.1) is 28.4 Å². The van der Waals surface area contributed by atoms with Crippen LogP contribution in [-0.4, -0.2) is 23.0 Å². The summed E-state index contributed by atoms with van der Waals surface area (Å²) < 4.78 is 43.4. The molecule has 0 aliphatic heterocycles. The highest BCUT2D eigenvalue weighted by Gasteiger charge is 2.31. The molecule has 3 rings (SSSR count). The van der Waals surface area contributed by atoms with Gasteiger partial charge in [0.1, 0.15) is 5.75 Å². The number of halogens is 5. The molecule has 1 aromatic carbocycles. The monoisotopic (exact) mass is 441 g/mol. The maximum atomic E-state index is 12.7. The summed E-state index contributed by atoms with van der Waals surface area (Å²) in [5.74, 6) is -0.485. The predicted octanol–water partition coefficient (Wildman–Crippen LogP) is 5.73. The molecule has 0 aliphatic rings. The molecule has 0 spiro atoms. The van der Waals surface area contributed by atoms with Crippen LogP contribution >= 0.6 is 23.2 Å². The number of hydrogen-bond donors (Lipinski definition) is 1. The summed E-state index contributed by atoms with van der Waals surface area (Å²) in [6.07, 6.45) is -2.43. The van der Waals surface area contributed by atoms with Gasteiger partial charge in [0.15, 0.2) is 5.82 Å². The smallest absolute Gasteiger partial charge is 0.417 e. The number of alkyl halides is 3. The molecule has 0 bridgehead atoms. The van der Waals surface area contributed by atoms with E-state index in [4.69, 9.17) is 27.9 Å². The first kappa shape index (κ1) is 20.9. The Morgan fingerprint density at radius 3 is 2.48 bits per heavy atom. The van der Waals surface area contributed by atoms with Gasteiger partial charge in [-0.05, 0) is 36.4 Å². The Kier molecular flexibility index (Phi) is 5.95. The van der Waals surface area contributed by atoms with Gasteiger partial charge >= 0.3 is 6.18 Å². The van der Waals surface area contributed by atoms with Crippen molar-refractivity contribution in [2.24, 2.45) is 0 Å². The van der Waals surface area contributed by atoms with Crippen LogP contribution in [0.4, 0.5) is 19.0 Å². The number of pyridine rings is 2. The van der Waals surface area contributed by atoms with Gasteiger partial charge in [0, 0.05) is 23.5 Å². The molecule has 2 aromatic heterocycles. The van der Waals surface area contributed by atoms with Gasteiger partial charge in [-0.2, -0.15) is 13.2 Å². The second kappa shape index (κ2) is 8.26. The molecule has 1 N–H and O–H groups in total. The van der Waals surface area contributed by atoms with E-state index in [1.54, 1.807) is 24.4 Å². The molecule has 10 heteroatoms. The van der Waals surface area contributed by atoms with Crippen LogP contribution < -0.4 is 10.1 Å². The summed E-state index contributed by atoms with van der Waals surface area (Å²) in [5.41, 5.74) is 0.208. The number of amides is 1. The minimum atomic E-state index is -4.59. The minimum absolute atomic E-state index is 0.176. The third-order valence-corrected chi connectivity index (χ3v) is 4.47. The molecular weight excluding hydrogens is 430 g/mol. The predicted molar refractivity (Wildman–Crippen MR) is 103 cm³/mol. The van der Waals surface area contributed by atoms with Crippen molar-refractivity contribution in [3.05, 3.63) is 70.0 Å². The number of carbonyl (C=O) groups is 1. The van der Waals surface area contributed by atoms with Crippen molar-refractivity contribution in [3.63, 3.8) is 0 Å². The van der Waals surface area contributed by atoms with E-state index in [9.17, 15) is 18.0 Å². The van der Waals surface area contributed by atoms with Crippen LogP contribution in [0, 0.1) is 0 Å². The average Bonchev–Trinajstić information content (AvgIpc) is 2.68. The van der Waals surface area contributed by atoms with Gasteiger partial charge in [0.2, 0.25) is 0 Å². The fourth-order valence-electron chi connectivity index (χ4n) is 2.48. The molecule has 150 valence electrons. The van der Waals surface area contributed by atoms with Crippen molar-refractivity contribution in [3.8, 4) is 17.0 Å². The lowest BCUT2D eigenvalue weighted by Crippen LogP contribution is -2.14. The van der Waals surface area contributed by atoms with Crippen molar-refractivity contribution in [1.29, 1.82) is 0 Å². The van der Waals surface area contributed by atoms with Gasteiger partial charge < -0.3 is 10.1 Å². The van der Waals surface area contributed by atoms with Crippen molar-refractivity contribution in [2.45, 2.75) is 6.18 Å². The van der Waals surface area contributed by atoms with Gasteiger partial charge in [0.25, 0.3) is 5.91 Å². The quantitative estimate of drug-likeness (QED) is 0.561. The maximum Gasteiger partial charge on any atom is 0.417 e. The summed E-state index contributed by atoms with van der Waals surface area (Å²) in [5, 5.41) is 2.45.